The number of nitrogens with zero attached hydrogens (tertiary/aromatic N) is 3. The summed E-state index contributed by atoms with van der Waals surface area (Å²) in [4.78, 5) is 38.4. The number of hydrogen-bond donors (Lipinski definition) is 4. The Hall–Kier alpha value is -4.32. The molecule has 11 heteroatoms. The lowest BCUT2D eigenvalue weighted by atomic mass is 10.1. The lowest BCUT2D eigenvalue weighted by molar-refractivity contribution is -0.118. The highest BCUT2D eigenvalue weighted by Gasteiger charge is 2.20. The second-order valence-electron chi connectivity index (χ2n) is 10.1. The van der Waals surface area contributed by atoms with Crippen molar-refractivity contribution in [3.05, 3.63) is 65.2 Å². The summed E-state index contributed by atoms with van der Waals surface area (Å²) >= 11 is 1.40. The Morgan fingerprint density at radius 2 is 1.66 bits per heavy atom. The van der Waals surface area contributed by atoms with Crippen molar-refractivity contribution in [2.75, 3.05) is 44.3 Å². The predicted octanol–water partition coefficient (Wildman–Crippen LogP) is 4.93. The third kappa shape index (κ3) is 12.9. The summed E-state index contributed by atoms with van der Waals surface area (Å²) in [6.45, 7) is 16.6. The number of carbonyl (C=O) groups is 3. The first-order chi connectivity index (χ1) is 21.0. The molecule has 0 radical (unpaired) electrons. The molecule has 3 rings (SSSR count). The van der Waals surface area contributed by atoms with Crippen LogP contribution >= 0.6 is 11.8 Å². The first-order valence-corrected chi connectivity index (χ1v) is 15.9. The second-order valence-corrected chi connectivity index (χ2v) is 10.9. The number of amides is 3. The summed E-state index contributed by atoms with van der Waals surface area (Å²) in [5.74, 6) is -0.726. The highest BCUT2D eigenvalue weighted by Crippen LogP contribution is 2.22. The number of fused-ring (bicyclic) bond motifs is 1. The fraction of sp³-hybridized carbons (Fsp3) is 0.424. The molecular weight excluding hydrogens is 574 g/mol. The third-order valence-corrected chi connectivity index (χ3v) is 7.02. The molecule has 1 aliphatic rings. The van der Waals surface area contributed by atoms with Crippen LogP contribution in [0.1, 0.15) is 57.8 Å². The van der Waals surface area contributed by atoms with Crippen LogP contribution in [0.4, 0.5) is 5.69 Å². The SMILES string of the molecule is C=C(C#N)C(=O)NC(C)(C)C#N.CC.CCNC(=O)/C(=C\Nc1ccc2cc(C(=O)NCCN3CCCC3)ccc2c1)SC. The minimum absolute atomic E-state index is 0.0345. The zero-order valence-corrected chi connectivity index (χ0v) is 27.5. The molecule has 1 fully saturated rings. The fourth-order valence-corrected chi connectivity index (χ4v) is 4.40. The van der Waals surface area contributed by atoms with Crippen molar-refractivity contribution in [2.45, 2.75) is 53.0 Å². The van der Waals surface area contributed by atoms with Crippen LogP contribution in [-0.4, -0.2) is 67.1 Å². The minimum Gasteiger partial charge on any atom is -0.360 e. The van der Waals surface area contributed by atoms with Gasteiger partial charge in [-0.15, -0.1) is 11.8 Å². The third-order valence-electron chi connectivity index (χ3n) is 6.28. The van der Waals surface area contributed by atoms with E-state index in [1.54, 1.807) is 12.3 Å². The quantitative estimate of drug-likeness (QED) is 0.204. The number of hydrogen-bond acceptors (Lipinski definition) is 8. The fourth-order valence-electron chi connectivity index (χ4n) is 3.96. The summed E-state index contributed by atoms with van der Waals surface area (Å²) in [5.41, 5.74) is 0.404. The highest BCUT2D eigenvalue weighted by molar-refractivity contribution is 8.03. The van der Waals surface area contributed by atoms with Gasteiger partial charge in [-0.3, -0.25) is 14.4 Å². The van der Waals surface area contributed by atoms with Crippen molar-refractivity contribution >= 4 is 45.9 Å². The molecule has 0 aromatic heterocycles. The number of rotatable bonds is 11. The second kappa shape index (κ2) is 19.8. The van der Waals surface area contributed by atoms with Gasteiger partial charge in [0.15, 0.2) is 0 Å². The molecule has 0 aliphatic carbocycles. The van der Waals surface area contributed by atoms with E-state index in [1.165, 1.54) is 38.5 Å². The molecule has 44 heavy (non-hydrogen) atoms. The van der Waals surface area contributed by atoms with E-state index in [0.29, 0.717) is 23.6 Å². The summed E-state index contributed by atoms with van der Waals surface area (Å²) in [5, 5.41) is 30.2. The smallest absolute Gasteiger partial charge is 0.262 e. The van der Waals surface area contributed by atoms with Crippen LogP contribution in [0, 0.1) is 22.7 Å². The van der Waals surface area contributed by atoms with Gasteiger partial charge < -0.3 is 26.2 Å². The molecule has 0 unspecified atom stereocenters. The number of benzene rings is 2. The maximum Gasteiger partial charge on any atom is 0.262 e. The topological polar surface area (TPSA) is 150 Å². The maximum absolute atomic E-state index is 12.5. The Morgan fingerprint density at radius 1 is 1.02 bits per heavy atom. The first-order valence-electron chi connectivity index (χ1n) is 14.7. The Morgan fingerprint density at radius 3 is 2.25 bits per heavy atom. The van der Waals surface area contributed by atoms with Gasteiger partial charge in [-0.05, 0) is 88.0 Å². The standard InChI is InChI=1S/C23H30N4O2S.C8H9N3O.C2H6/c1-3-24-23(29)21(30-2)16-26-20-9-8-17-14-19(7-6-18(17)15-20)22(28)25-10-13-27-11-4-5-12-27;1-6(4-9)7(12)11-8(2,3)5-10;1-2/h6-9,14-16,26H,3-5,10-13H2,1-2H3,(H,24,29)(H,25,28);1H2,2-3H3,(H,11,12);1-2H3/b21-16+;;. The molecule has 2 aromatic carbocycles. The maximum atomic E-state index is 12.5. The number of anilines is 1. The van der Waals surface area contributed by atoms with Crippen LogP contribution in [0.25, 0.3) is 10.8 Å². The molecule has 10 nitrogen and oxygen atoms in total. The van der Waals surface area contributed by atoms with Gasteiger partial charge in [0.1, 0.15) is 17.2 Å². The van der Waals surface area contributed by atoms with Gasteiger partial charge in [-0.1, -0.05) is 32.6 Å². The number of nitrogens with one attached hydrogen (secondary N) is 4. The molecular formula is C33H45N7O3S. The average molecular weight is 620 g/mol. The van der Waals surface area contributed by atoms with Crippen molar-refractivity contribution < 1.29 is 14.4 Å². The molecule has 1 saturated heterocycles. The van der Waals surface area contributed by atoms with Gasteiger partial charge in [-0.25, -0.2) is 0 Å². The molecule has 0 bridgehead atoms. The van der Waals surface area contributed by atoms with E-state index in [-0.39, 0.29) is 17.4 Å². The average Bonchev–Trinajstić information content (AvgIpc) is 3.55. The Labute approximate surface area is 265 Å². The van der Waals surface area contributed by atoms with E-state index in [1.807, 2.05) is 69.5 Å². The van der Waals surface area contributed by atoms with Crippen LogP contribution in [0.2, 0.25) is 0 Å². The van der Waals surface area contributed by atoms with Gasteiger partial charge in [0.25, 0.3) is 17.7 Å². The zero-order valence-electron chi connectivity index (χ0n) is 26.7. The summed E-state index contributed by atoms with van der Waals surface area (Å²) in [6, 6.07) is 15.1. The molecule has 236 valence electrons. The van der Waals surface area contributed by atoms with E-state index in [4.69, 9.17) is 10.5 Å². The molecule has 0 spiro atoms. The van der Waals surface area contributed by atoms with Crippen molar-refractivity contribution in [3.8, 4) is 12.1 Å². The number of likely N-dealkylation sites (N-methyl/N-ethyl adjacent to an activating group) is 1. The number of likely N-dealkylation sites (tertiary alicyclic amines) is 1. The Kier molecular flexibility index (Phi) is 17.0. The van der Waals surface area contributed by atoms with Crippen LogP contribution in [0.15, 0.2) is 59.7 Å². The van der Waals surface area contributed by atoms with Crippen molar-refractivity contribution in [1.82, 2.24) is 20.9 Å². The molecule has 1 heterocycles. The van der Waals surface area contributed by atoms with Crippen LogP contribution in [0.3, 0.4) is 0 Å². The van der Waals surface area contributed by atoms with Crippen molar-refractivity contribution in [1.29, 1.82) is 10.5 Å². The van der Waals surface area contributed by atoms with E-state index >= 15 is 0 Å². The monoisotopic (exact) mass is 619 g/mol. The summed E-state index contributed by atoms with van der Waals surface area (Å²) in [7, 11) is 0. The molecule has 3 amide bonds. The van der Waals surface area contributed by atoms with E-state index < -0.39 is 11.4 Å². The van der Waals surface area contributed by atoms with Crippen molar-refractivity contribution in [3.63, 3.8) is 0 Å². The van der Waals surface area contributed by atoms with Crippen LogP contribution in [-0.2, 0) is 9.59 Å². The van der Waals surface area contributed by atoms with Crippen molar-refractivity contribution in [2.24, 2.45) is 0 Å². The van der Waals surface area contributed by atoms with Gasteiger partial charge >= 0.3 is 0 Å². The first kappa shape index (κ1) is 37.7. The number of nitriles is 2. The normalized spacial score (nSPS) is 12.7. The van der Waals surface area contributed by atoms with Crippen LogP contribution in [0.5, 0.6) is 0 Å². The lowest BCUT2D eigenvalue weighted by Gasteiger charge is -2.16. The Balaban J connectivity index is 0.000000584. The van der Waals surface area contributed by atoms with Gasteiger partial charge in [0, 0.05) is 37.1 Å². The van der Waals surface area contributed by atoms with E-state index in [9.17, 15) is 14.4 Å². The lowest BCUT2D eigenvalue weighted by Crippen LogP contribution is -2.42. The van der Waals surface area contributed by atoms with Crippen LogP contribution < -0.4 is 21.3 Å². The Bertz CT molecular complexity index is 1400. The largest absolute Gasteiger partial charge is 0.360 e. The summed E-state index contributed by atoms with van der Waals surface area (Å²) in [6.07, 6.45) is 6.12. The minimum atomic E-state index is -0.961. The molecule has 0 atom stereocenters. The van der Waals surface area contributed by atoms with Gasteiger partial charge in [0.05, 0.1) is 11.0 Å². The predicted molar refractivity (Wildman–Crippen MR) is 180 cm³/mol. The number of thioether (sulfide) groups is 1. The molecule has 2 aromatic rings. The summed E-state index contributed by atoms with van der Waals surface area (Å²) < 4.78 is 0. The number of carbonyl (C=O) groups excluding carboxylic acids is 3. The highest BCUT2D eigenvalue weighted by atomic mass is 32.2. The van der Waals surface area contributed by atoms with E-state index in [2.05, 4.69) is 32.7 Å². The molecule has 1 aliphatic heterocycles. The molecule has 4 N–H and O–H groups in total. The van der Waals surface area contributed by atoms with E-state index in [0.717, 1.165) is 36.1 Å². The van der Waals surface area contributed by atoms with Gasteiger partial charge in [-0.2, -0.15) is 10.5 Å². The zero-order chi connectivity index (χ0) is 33.1. The van der Waals surface area contributed by atoms with Gasteiger partial charge in [0.2, 0.25) is 0 Å². The molecule has 0 saturated carbocycles.